The van der Waals surface area contributed by atoms with Crippen LogP contribution in [0.25, 0.3) is 0 Å². The van der Waals surface area contributed by atoms with Crippen molar-refractivity contribution in [1.82, 2.24) is 4.98 Å². The summed E-state index contributed by atoms with van der Waals surface area (Å²) in [6.45, 7) is 2.76. The van der Waals surface area contributed by atoms with Crippen LogP contribution < -0.4 is 10.6 Å². The van der Waals surface area contributed by atoms with E-state index in [4.69, 9.17) is 5.73 Å². The molecule has 0 aromatic carbocycles. The Labute approximate surface area is 96.1 Å². The van der Waals surface area contributed by atoms with Gasteiger partial charge >= 0.3 is 0 Å². The zero-order valence-electron chi connectivity index (χ0n) is 9.63. The standard InChI is InChI=1S/C12H19N3O/c1-9(16)11-6-2-3-8-15(11)12-10(13)5-4-7-14-12/h4-5,7,9,11,16H,2-3,6,8,13H2,1H3/t9-,11+/m0/s1. The van der Waals surface area contributed by atoms with Crippen molar-refractivity contribution >= 4 is 11.5 Å². The summed E-state index contributed by atoms with van der Waals surface area (Å²) in [4.78, 5) is 6.47. The van der Waals surface area contributed by atoms with Gasteiger partial charge in [-0.3, -0.25) is 0 Å². The summed E-state index contributed by atoms with van der Waals surface area (Å²) in [5.74, 6) is 0.813. The molecule has 0 unspecified atom stereocenters. The van der Waals surface area contributed by atoms with Crippen LogP contribution in [0.15, 0.2) is 18.3 Å². The molecule has 4 heteroatoms. The van der Waals surface area contributed by atoms with Gasteiger partial charge in [0.1, 0.15) is 0 Å². The van der Waals surface area contributed by atoms with Crippen LogP contribution in [-0.2, 0) is 0 Å². The van der Waals surface area contributed by atoms with Crippen LogP contribution in [-0.4, -0.2) is 28.8 Å². The number of hydrogen-bond donors (Lipinski definition) is 2. The molecule has 0 aliphatic carbocycles. The van der Waals surface area contributed by atoms with Gasteiger partial charge in [-0.25, -0.2) is 4.98 Å². The third-order valence-corrected chi connectivity index (χ3v) is 3.20. The first-order valence-corrected chi connectivity index (χ1v) is 5.85. The normalized spacial score (nSPS) is 23.1. The molecule has 1 fully saturated rings. The summed E-state index contributed by atoms with van der Waals surface area (Å²) >= 11 is 0. The van der Waals surface area contributed by atoms with Crippen molar-refractivity contribution in [1.29, 1.82) is 0 Å². The largest absolute Gasteiger partial charge is 0.396 e. The van der Waals surface area contributed by atoms with E-state index in [1.54, 1.807) is 6.20 Å². The maximum absolute atomic E-state index is 9.79. The molecule has 88 valence electrons. The molecule has 1 saturated heterocycles. The second-order valence-electron chi connectivity index (χ2n) is 4.41. The van der Waals surface area contributed by atoms with Gasteiger partial charge in [0.05, 0.1) is 17.8 Å². The minimum Gasteiger partial charge on any atom is -0.396 e. The van der Waals surface area contributed by atoms with Crippen molar-refractivity contribution < 1.29 is 5.11 Å². The number of hydrogen-bond acceptors (Lipinski definition) is 4. The average molecular weight is 221 g/mol. The van der Waals surface area contributed by atoms with Crippen molar-refractivity contribution in [2.24, 2.45) is 0 Å². The Kier molecular flexibility index (Phi) is 3.29. The molecule has 2 atom stereocenters. The molecular weight excluding hydrogens is 202 g/mol. The Bertz CT molecular complexity index is 354. The summed E-state index contributed by atoms with van der Waals surface area (Å²) in [6, 6.07) is 3.84. The Hall–Kier alpha value is -1.29. The summed E-state index contributed by atoms with van der Waals surface area (Å²) < 4.78 is 0. The van der Waals surface area contributed by atoms with Crippen molar-refractivity contribution in [3.8, 4) is 0 Å². The fraction of sp³-hybridized carbons (Fsp3) is 0.583. The topological polar surface area (TPSA) is 62.4 Å². The van der Waals surface area contributed by atoms with Gasteiger partial charge in [-0.05, 0) is 38.3 Å². The number of nitrogen functional groups attached to an aromatic ring is 1. The number of piperidine rings is 1. The van der Waals surface area contributed by atoms with Crippen LogP contribution in [0.2, 0.25) is 0 Å². The van der Waals surface area contributed by atoms with E-state index in [-0.39, 0.29) is 12.1 Å². The summed E-state index contributed by atoms with van der Waals surface area (Å²) in [5.41, 5.74) is 6.62. The number of aliphatic hydroxyl groups excluding tert-OH is 1. The van der Waals surface area contributed by atoms with E-state index in [1.165, 1.54) is 6.42 Å². The highest BCUT2D eigenvalue weighted by atomic mass is 16.3. The molecule has 0 radical (unpaired) electrons. The van der Waals surface area contributed by atoms with Crippen LogP contribution in [0.3, 0.4) is 0 Å². The first-order valence-electron chi connectivity index (χ1n) is 5.85. The van der Waals surface area contributed by atoms with Crippen LogP contribution in [0.4, 0.5) is 11.5 Å². The van der Waals surface area contributed by atoms with Crippen molar-refractivity contribution in [3.63, 3.8) is 0 Å². The smallest absolute Gasteiger partial charge is 0.152 e. The molecule has 1 aliphatic rings. The maximum atomic E-state index is 9.79. The molecule has 2 heterocycles. The highest BCUT2D eigenvalue weighted by Gasteiger charge is 2.28. The third-order valence-electron chi connectivity index (χ3n) is 3.20. The SMILES string of the molecule is C[C@H](O)[C@H]1CCCCN1c1ncccc1N. The zero-order chi connectivity index (χ0) is 11.5. The van der Waals surface area contributed by atoms with Gasteiger partial charge in [-0.2, -0.15) is 0 Å². The summed E-state index contributed by atoms with van der Waals surface area (Å²) in [5, 5.41) is 9.79. The molecule has 0 bridgehead atoms. The Morgan fingerprint density at radius 2 is 2.38 bits per heavy atom. The molecular formula is C12H19N3O. The minimum absolute atomic E-state index is 0.144. The van der Waals surface area contributed by atoms with Crippen LogP contribution in [0.5, 0.6) is 0 Å². The first-order chi connectivity index (χ1) is 7.70. The van der Waals surface area contributed by atoms with E-state index >= 15 is 0 Å². The predicted molar refractivity (Wildman–Crippen MR) is 65.3 cm³/mol. The summed E-state index contributed by atoms with van der Waals surface area (Å²) in [7, 11) is 0. The molecule has 2 rings (SSSR count). The fourth-order valence-corrected chi connectivity index (χ4v) is 2.37. The van der Waals surface area contributed by atoms with E-state index in [0.29, 0.717) is 5.69 Å². The Morgan fingerprint density at radius 3 is 3.06 bits per heavy atom. The van der Waals surface area contributed by atoms with E-state index < -0.39 is 0 Å². The Balaban J connectivity index is 2.27. The molecule has 0 amide bonds. The second kappa shape index (κ2) is 4.70. The number of pyridine rings is 1. The van der Waals surface area contributed by atoms with Gasteiger partial charge in [0.2, 0.25) is 0 Å². The molecule has 1 aliphatic heterocycles. The number of aliphatic hydroxyl groups is 1. The average Bonchev–Trinajstić information content (AvgIpc) is 2.29. The van der Waals surface area contributed by atoms with Crippen molar-refractivity contribution in [3.05, 3.63) is 18.3 Å². The maximum Gasteiger partial charge on any atom is 0.152 e. The van der Waals surface area contributed by atoms with Crippen molar-refractivity contribution in [2.75, 3.05) is 17.2 Å². The molecule has 1 aromatic rings. The molecule has 1 aromatic heterocycles. The molecule has 16 heavy (non-hydrogen) atoms. The quantitative estimate of drug-likeness (QED) is 0.792. The zero-order valence-corrected chi connectivity index (χ0v) is 9.63. The lowest BCUT2D eigenvalue weighted by Crippen LogP contribution is -2.46. The molecule has 4 nitrogen and oxygen atoms in total. The van der Waals surface area contributed by atoms with Gasteiger partial charge in [-0.15, -0.1) is 0 Å². The number of nitrogens with zero attached hydrogens (tertiary/aromatic N) is 2. The minimum atomic E-state index is -0.346. The lowest BCUT2D eigenvalue weighted by atomic mass is 9.98. The number of rotatable bonds is 2. The van der Waals surface area contributed by atoms with E-state index in [2.05, 4.69) is 9.88 Å². The predicted octanol–water partition coefficient (Wildman–Crippen LogP) is 1.40. The van der Waals surface area contributed by atoms with E-state index in [1.807, 2.05) is 19.1 Å². The monoisotopic (exact) mass is 221 g/mol. The Morgan fingerprint density at radius 1 is 1.56 bits per heavy atom. The summed E-state index contributed by atoms with van der Waals surface area (Å²) in [6.07, 6.45) is 4.71. The third kappa shape index (κ3) is 2.11. The van der Waals surface area contributed by atoms with Gasteiger partial charge in [-0.1, -0.05) is 0 Å². The number of anilines is 2. The number of aromatic nitrogens is 1. The van der Waals surface area contributed by atoms with Gasteiger partial charge in [0.25, 0.3) is 0 Å². The fourth-order valence-electron chi connectivity index (χ4n) is 2.37. The van der Waals surface area contributed by atoms with Crippen LogP contribution in [0, 0.1) is 0 Å². The number of nitrogens with two attached hydrogens (primary N) is 1. The van der Waals surface area contributed by atoms with Gasteiger partial charge in [0, 0.05) is 12.7 Å². The lowest BCUT2D eigenvalue weighted by Gasteiger charge is -2.38. The van der Waals surface area contributed by atoms with Crippen LogP contribution in [0.1, 0.15) is 26.2 Å². The van der Waals surface area contributed by atoms with Gasteiger partial charge < -0.3 is 15.7 Å². The molecule has 0 saturated carbocycles. The molecule has 3 N–H and O–H groups in total. The molecule has 0 spiro atoms. The highest BCUT2D eigenvalue weighted by molar-refractivity contribution is 5.62. The van der Waals surface area contributed by atoms with Crippen LogP contribution >= 0.6 is 0 Å². The van der Waals surface area contributed by atoms with Crippen molar-refractivity contribution in [2.45, 2.75) is 38.3 Å². The first kappa shape index (κ1) is 11.2. The van der Waals surface area contributed by atoms with Gasteiger partial charge in [0.15, 0.2) is 5.82 Å². The van der Waals surface area contributed by atoms with E-state index in [9.17, 15) is 5.11 Å². The second-order valence-corrected chi connectivity index (χ2v) is 4.41. The van der Waals surface area contributed by atoms with E-state index in [0.717, 1.165) is 25.2 Å². The lowest BCUT2D eigenvalue weighted by molar-refractivity contribution is 0.145. The highest BCUT2D eigenvalue weighted by Crippen LogP contribution is 2.28.